The molecular weight excluding hydrogens is 236 g/mol. The summed E-state index contributed by atoms with van der Waals surface area (Å²) in [6.45, 7) is 6.13. The molecule has 90 valence electrons. The van der Waals surface area contributed by atoms with E-state index in [-0.39, 0.29) is 0 Å². The Morgan fingerprint density at radius 1 is 1.29 bits per heavy atom. The fourth-order valence-electron chi connectivity index (χ4n) is 1.57. The van der Waals surface area contributed by atoms with Crippen molar-refractivity contribution in [2.24, 2.45) is 5.73 Å². The molecule has 0 aliphatic rings. The van der Waals surface area contributed by atoms with Gasteiger partial charge in [0.1, 0.15) is 0 Å². The molecule has 0 unspecified atom stereocenters. The van der Waals surface area contributed by atoms with Crippen molar-refractivity contribution in [3.8, 4) is 0 Å². The van der Waals surface area contributed by atoms with E-state index >= 15 is 0 Å². The summed E-state index contributed by atoms with van der Waals surface area (Å²) in [4.78, 5) is 5.42. The second-order valence-corrected chi connectivity index (χ2v) is 4.71. The van der Waals surface area contributed by atoms with E-state index < -0.39 is 0 Å². The highest BCUT2D eigenvalue weighted by molar-refractivity contribution is 7.99. The van der Waals surface area contributed by atoms with Crippen LogP contribution in [0.25, 0.3) is 0 Å². The summed E-state index contributed by atoms with van der Waals surface area (Å²) in [6.07, 6.45) is 0. The summed E-state index contributed by atoms with van der Waals surface area (Å²) in [5.74, 6) is 0.560. The van der Waals surface area contributed by atoms with Crippen LogP contribution in [0.1, 0.15) is 22.8 Å². The van der Waals surface area contributed by atoms with E-state index in [0.29, 0.717) is 17.7 Å². The SMILES string of the molecule is Cc1cc(Sc2nnc(C)o2)c(CN)c(C)n1. The Hall–Kier alpha value is -1.40. The van der Waals surface area contributed by atoms with Gasteiger partial charge in [0, 0.05) is 35.3 Å². The normalized spacial score (nSPS) is 10.8. The van der Waals surface area contributed by atoms with Crippen LogP contribution in [-0.2, 0) is 6.54 Å². The maximum absolute atomic E-state index is 5.74. The van der Waals surface area contributed by atoms with Gasteiger partial charge >= 0.3 is 0 Å². The highest BCUT2D eigenvalue weighted by atomic mass is 32.2. The lowest BCUT2D eigenvalue weighted by Crippen LogP contribution is -2.04. The second kappa shape index (κ2) is 4.85. The van der Waals surface area contributed by atoms with Crippen molar-refractivity contribution in [3.05, 3.63) is 28.9 Å². The Morgan fingerprint density at radius 3 is 2.65 bits per heavy atom. The molecule has 0 atom stereocenters. The van der Waals surface area contributed by atoms with Crippen molar-refractivity contribution >= 4 is 11.8 Å². The van der Waals surface area contributed by atoms with Gasteiger partial charge in [0.15, 0.2) is 0 Å². The van der Waals surface area contributed by atoms with Gasteiger partial charge in [0.2, 0.25) is 5.89 Å². The molecule has 0 aliphatic carbocycles. The first-order valence-corrected chi connectivity index (χ1v) is 6.07. The van der Waals surface area contributed by atoms with E-state index in [1.165, 1.54) is 11.8 Å². The molecule has 17 heavy (non-hydrogen) atoms. The molecule has 0 amide bonds. The number of hydrogen-bond acceptors (Lipinski definition) is 6. The second-order valence-electron chi connectivity index (χ2n) is 3.72. The van der Waals surface area contributed by atoms with Gasteiger partial charge in [-0.15, -0.1) is 10.2 Å². The van der Waals surface area contributed by atoms with E-state index in [0.717, 1.165) is 21.8 Å². The third-order valence-corrected chi connectivity index (χ3v) is 3.25. The van der Waals surface area contributed by atoms with Crippen LogP contribution < -0.4 is 5.73 Å². The topological polar surface area (TPSA) is 77.8 Å². The number of pyridine rings is 1. The zero-order chi connectivity index (χ0) is 12.4. The lowest BCUT2D eigenvalue weighted by atomic mass is 10.2. The molecule has 6 heteroatoms. The first-order valence-electron chi connectivity index (χ1n) is 5.25. The van der Waals surface area contributed by atoms with Crippen LogP contribution in [0.5, 0.6) is 0 Å². The van der Waals surface area contributed by atoms with E-state index in [1.807, 2.05) is 19.9 Å². The Balaban J connectivity index is 2.37. The summed E-state index contributed by atoms with van der Waals surface area (Å²) >= 11 is 1.43. The Morgan fingerprint density at radius 2 is 2.06 bits per heavy atom. The van der Waals surface area contributed by atoms with E-state index in [1.54, 1.807) is 6.92 Å². The monoisotopic (exact) mass is 250 g/mol. The van der Waals surface area contributed by atoms with Crippen molar-refractivity contribution in [1.82, 2.24) is 15.2 Å². The minimum absolute atomic E-state index is 0.453. The van der Waals surface area contributed by atoms with Gasteiger partial charge in [-0.3, -0.25) is 4.98 Å². The zero-order valence-corrected chi connectivity index (χ0v) is 10.8. The fraction of sp³-hybridized carbons (Fsp3) is 0.364. The van der Waals surface area contributed by atoms with Crippen LogP contribution in [0.15, 0.2) is 20.6 Å². The molecule has 2 aromatic rings. The lowest BCUT2D eigenvalue weighted by molar-refractivity contribution is 0.429. The largest absolute Gasteiger partial charge is 0.416 e. The molecule has 0 bridgehead atoms. The lowest BCUT2D eigenvalue weighted by Gasteiger charge is -2.09. The third kappa shape index (κ3) is 2.65. The molecule has 0 spiro atoms. The van der Waals surface area contributed by atoms with Crippen LogP contribution in [0.3, 0.4) is 0 Å². The Labute approximate surface area is 104 Å². The maximum atomic E-state index is 5.74. The van der Waals surface area contributed by atoms with Gasteiger partial charge in [0.25, 0.3) is 5.22 Å². The molecule has 0 radical (unpaired) electrons. The van der Waals surface area contributed by atoms with E-state index in [2.05, 4.69) is 15.2 Å². The first kappa shape index (κ1) is 12.1. The molecule has 2 rings (SSSR count). The zero-order valence-electron chi connectivity index (χ0n) is 10.0. The number of rotatable bonds is 3. The van der Waals surface area contributed by atoms with Crippen LogP contribution in [0, 0.1) is 20.8 Å². The van der Waals surface area contributed by atoms with Crippen molar-refractivity contribution < 1.29 is 4.42 Å². The molecule has 0 saturated heterocycles. The van der Waals surface area contributed by atoms with Gasteiger partial charge in [-0.1, -0.05) is 0 Å². The van der Waals surface area contributed by atoms with Crippen molar-refractivity contribution in [1.29, 1.82) is 0 Å². The predicted octanol–water partition coefficient (Wildman–Crippen LogP) is 2.00. The fourth-order valence-corrected chi connectivity index (χ4v) is 2.59. The quantitative estimate of drug-likeness (QED) is 0.897. The van der Waals surface area contributed by atoms with Gasteiger partial charge in [-0.2, -0.15) is 0 Å². The highest BCUT2D eigenvalue weighted by Gasteiger charge is 2.12. The van der Waals surface area contributed by atoms with Gasteiger partial charge in [-0.05, 0) is 31.7 Å². The average molecular weight is 250 g/mol. The van der Waals surface area contributed by atoms with Gasteiger partial charge in [-0.25, -0.2) is 0 Å². The standard InChI is InChI=1S/C11H14N4OS/c1-6-4-10(9(5-12)7(2)13-6)17-11-15-14-8(3)16-11/h4H,5,12H2,1-3H3. The summed E-state index contributed by atoms with van der Waals surface area (Å²) in [5, 5.41) is 8.29. The molecule has 0 aliphatic heterocycles. The highest BCUT2D eigenvalue weighted by Crippen LogP contribution is 2.30. The first-order chi connectivity index (χ1) is 8.10. The third-order valence-electron chi connectivity index (χ3n) is 2.33. The van der Waals surface area contributed by atoms with Crippen LogP contribution in [0.2, 0.25) is 0 Å². The molecular formula is C11H14N4OS. The van der Waals surface area contributed by atoms with E-state index in [4.69, 9.17) is 10.2 Å². The molecule has 0 aromatic carbocycles. The summed E-state index contributed by atoms with van der Waals surface area (Å²) in [6, 6.07) is 1.99. The number of aryl methyl sites for hydroxylation is 3. The molecule has 0 fully saturated rings. The maximum Gasteiger partial charge on any atom is 0.281 e. The Kier molecular flexibility index (Phi) is 3.44. The summed E-state index contributed by atoms with van der Waals surface area (Å²) in [7, 11) is 0. The predicted molar refractivity (Wildman–Crippen MR) is 64.8 cm³/mol. The van der Waals surface area contributed by atoms with Gasteiger partial charge in [0.05, 0.1) is 0 Å². The number of nitrogens with two attached hydrogens (primary N) is 1. The van der Waals surface area contributed by atoms with Gasteiger partial charge < -0.3 is 10.2 Å². The number of nitrogens with zero attached hydrogens (tertiary/aromatic N) is 3. The number of hydrogen-bond donors (Lipinski definition) is 1. The van der Waals surface area contributed by atoms with Crippen LogP contribution in [0.4, 0.5) is 0 Å². The summed E-state index contributed by atoms with van der Waals surface area (Å²) < 4.78 is 5.35. The number of aromatic nitrogens is 3. The summed E-state index contributed by atoms with van der Waals surface area (Å²) in [5.41, 5.74) is 8.67. The van der Waals surface area contributed by atoms with E-state index in [9.17, 15) is 0 Å². The smallest absolute Gasteiger partial charge is 0.281 e. The molecule has 5 nitrogen and oxygen atoms in total. The molecule has 0 saturated carbocycles. The minimum Gasteiger partial charge on any atom is -0.416 e. The van der Waals surface area contributed by atoms with Crippen molar-refractivity contribution in [2.75, 3.05) is 0 Å². The van der Waals surface area contributed by atoms with Crippen LogP contribution in [-0.4, -0.2) is 15.2 Å². The molecule has 2 N–H and O–H groups in total. The van der Waals surface area contributed by atoms with Crippen LogP contribution >= 0.6 is 11.8 Å². The minimum atomic E-state index is 0.453. The molecule has 2 aromatic heterocycles. The Bertz CT molecular complexity index is 538. The molecule has 2 heterocycles. The average Bonchev–Trinajstić information content (AvgIpc) is 2.63. The van der Waals surface area contributed by atoms with Crippen molar-refractivity contribution in [3.63, 3.8) is 0 Å². The van der Waals surface area contributed by atoms with Crippen molar-refractivity contribution in [2.45, 2.75) is 37.4 Å².